The SMILES string of the molecule is COc1ccc(OC)c(C(Br)CC2(OC)CCC2)c1. The number of hydrogen-bond acceptors (Lipinski definition) is 3. The Hall–Kier alpha value is -0.740. The third kappa shape index (κ3) is 3.06. The first-order valence-electron chi connectivity index (χ1n) is 6.55. The number of hydrogen-bond donors (Lipinski definition) is 0. The van der Waals surface area contributed by atoms with Crippen molar-refractivity contribution < 1.29 is 14.2 Å². The summed E-state index contributed by atoms with van der Waals surface area (Å²) >= 11 is 3.78. The van der Waals surface area contributed by atoms with Gasteiger partial charge < -0.3 is 14.2 Å². The minimum atomic E-state index is 0.0300. The average Bonchev–Trinajstić information content (AvgIpc) is 2.41. The monoisotopic (exact) mass is 328 g/mol. The summed E-state index contributed by atoms with van der Waals surface area (Å²) in [5.74, 6) is 1.73. The fourth-order valence-corrected chi connectivity index (χ4v) is 3.53. The Morgan fingerprint density at radius 1 is 1.21 bits per heavy atom. The molecule has 2 rings (SSSR count). The highest BCUT2D eigenvalue weighted by Gasteiger charge is 2.39. The Morgan fingerprint density at radius 2 is 1.95 bits per heavy atom. The number of methoxy groups -OCH3 is 3. The van der Waals surface area contributed by atoms with Gasteiger partial charge in [0.15, 0.2) is 0 Å². The van der Waals surface area contributed by atoms with Gasteiger partial charge in [-0.3, -0.25) is 0 Å². The quantitative estimate of drug-likeness (QED) is 0.736. The Morgan fingerprint density at radius 3 is 2.42 bits per heavy atom. The molecule has 19 heavy (non-hydrogen) atoms. The van der Waals surface area contributed by atoms with Crippen LogP contribution in [0.15, 0.2) is 18.2 Å². The highest BCUT2D eigenvalue weighted by Crippen LogP contribution is 2.46. The summed E-state index contributed by atoms with van der Waals surface area (Å²) in [4.78, 5) is 0.206. The largest absolute Gasteiger partial charge is 0.497 e. The van der Waals surface area contributed by atoms with Crippen LogP contribution in [0.2, 0.25) is 0 Å². The molecular weight excluding hydrogens is 308 g/mol. The van der Waals surface area contributed by atoms with E-state index in [-0.39, 0.29) is 10.4 Å². The lowest BCUT2D eigenvalue weighted by Gasteiger charge is -2.42. The number of alkyl halides is 1. The van der Waals surface area contributed by atoms with Gasteiger partial charge in [-0.2, -0.15) is 0 Å². The second-order valence-electron chi connectivity index (χ2n) is 5.02. The van der Waals surface area contributed by atoms with Gasteiger partial charge in [-0.05, 0) is 43.9 Å². The summed E-state index contributed by atoms with van der Waals surface area (Å²) in [5.41, 5.74) is 1.15. The van der Waals surface area contributed by atoms with E-state index in [2.05, 4.69) is 15.9 Å². The summed E-state index contributed by atoms with van der Waals surface area (Å²) in [7, 11) is 5.18. The average molecular weight is 329 g/mol. The van der Waals surface area contributed by atoms with E-state index in [4.69, 9.17) is 14.2 Å². The maximum Gasteiger partial charge on any atom is 0.123 e. The summed E-state index contributed by atoms with van der Waals surface area (Å²) < 4.78 is 16.4. The molecule has 3 nitrogen and oxygen atoms in total. The lowest BCUT2D eigenvalue weighted by Crippen LogP contribution is -2.39. The number of ether oxygens (including phenoxy) is 3. The maximum absolute atomic E-state index is 5.69. The van der Waals surface area contributed by atoms with Gasteiger partial charge in [-0.1, -0.05) is 15.9 Å². The van der Waals surface area contributed by atoms with Crippen LogP contribution in [0.3, 0.4) is 0 Å². The third-order valence-corrected chi connectivity index (χ3v) is 4.84. The fraction of sp³-hybridized carbons (Fsp3) is 0.600. The topological polar surface area (TPSA) is 27.7 Å². The first kappa shape index (κ1) is 14.7. The van der Waals surface area contributed by atoms with Crippen molar-refractivity contribution in [2.24, 2.45) is 0 Å². The Balaban J connectivity index is 2.19. The molecule has 0 spiro atoms. The van der Waals surface area contributed by atoms with Gasteiger partial charge in [-0.15, -0.1) is 0 Å². The molecule has 1 saturated carbocycles. The van der Waals surface area contributed by atoms with E-state index < -0.39 is 0 Å². The second-order valence-corrected chi connectivity index (χ2v) is 6.13. The molecule has 4 heteroatoms. The molecule has 1 atom stereocenters. The van der Waals surface area contributed by atoms with E-state index in [1.807, 2.05) is 25.3 Å². The minimum absolute atomic E-state index is 0.0300. The molecular formula is C15H21BrO3. The zero-order valence-corrected chi connectivity index (χ0v) is 13.3. The molecule has 1 aliphatic rings. The standard InChI is InChI=1S/C15H21BrO3/c1-17-11-5-6-14(18-2)12(9-11)13(16)10-15(19-3)7-4-8-15/h5-6,9,13H,4,7-8,10H2,1-3H3. The van der Waals surface area contributed by atoms with Crippen molar-refractivity contribution in [1.29, 1.82) is 0 Å². The maximum atomic E-state index is 5.69. The van der Waals surface area contributed by atoms with E-state index in [0.717, 1.165) is 36.3 Å². The van der Waals surface area contributed by atoms with Crippen LogP contribution in [-0.4, -0.2) is 26.9 Å². The van der Waals surface area contributed by atoms with Crippen LogP contribution in [-0.2, 0) is 4.74 Å². The van der Waals surface area contributed by atoms with Gasteiger partial charge in [-0.25, -0.2) is 0 Å². The van der Waals surface area contributed by atoms with Gasteiger partial charge in [0, 0.05) is 17.5 Å². The molecule has 1 aliphatic carbocycles. The first-order chi connectivity index (χ1) is 9.14. The van der Waals surface area contributed by atoms with Crippen LogP contribution in [0.25, 0.3) is 0 Å². The van der Waals surface area contributed by atoms with E-state index >= 15 is 0 Å². The van der Waals surface area contributed by atoms with Gasteiger partial charge >= 0.3 is 0 Å². The smallest absolute Gasteiger partial charge is 0.123 e. The van der Waals surface area contributed by atoms with E-state index in [9.17, 15) is 0 Å². The molecule has 1 unspecified atom stereocenters. The van der Waals surface area contributed by atoms with Crippen LogP contribution >= 0.6 is 15.9 Å². The Kier molecular flexibility index (Phi) is 4.74. The molecule has 0 heterocycles. The van der Waals surface area contributed by atoms with Gasteiger partial charge in [0.25, 0.3) is 0 Å². The van der Waals surface area contributed by atoms with Gasteiger partial charge in [0.05, 0.1) is 19.8 Å². The molecule has 1 aromatic carbocycles. The van der Waals surface area contributed by atoms with Gasteiger partial charge in [0.1, 0.15) is 11.5 Å². The van der Waals surface area contributed by atoms with E-state index in [1.54, 1.807) is 14.2 Å². The van der Waals surface area contributed by atoms with E-state index in [1.165, 1.54) is 6.42 Å². The van der Waals surface area contributed by atoms with Crippen LogP contribution in [0.5, 0.6) is 11.5 Å². The predicted octanol–water partition coefficient (Wildman–Crippen LogP) is 4.10. The molecule has 0 aromatic heterocycles. The normalized spacial score (nSPS) is 18.5. The van der Waals surface area contributed by atoms with Crippen molar-refractivity contribution in [3.63, 3.8) is 0 Å². The van der Waals surface area contributed by atoms with Crippen LogP contribution in [0, 0.1) is 0 Å². The predicted molar refractivity (Wildman–Crippen MR) is 79.4 cm³/mol. The van der Waals surface area contributed by atoms with Crippen molar-refractivity contribution >= 4 is 15.9 Å². The Labute approximate surface area is 123 Å². The summed E-state index contributed by atoms with van der Waals surface area (Å²) in [6.07, 6.45) is 4.48. The van der Waals surface area contributed by atoms with Gasteiger partial charge in [0.2, 0.25) is 0 Å². The lowest BCUT2D eigenvalue weighted by atomic mass is 9.76. The zero-order chi connectivity index (χ0) is 13.9. The van der Waals surface area contributed by atoms with Crippen molar-refractivity contribution in [3.05, 3.63) is 23.8 Å². The highest BCUT2D eigenvalue weighted by atomic mass is 79.9. The first-order valence-corrected chi connectivity index (χ1v) is 7.47. The highest BCUT2D eigenvalue weighted by molar-refractivity contribution is 9.09. The van der Waals surface area contributed by atoms with Crippen molar-refractivity contribution in [1.82, 2.24) is 0 Å². The summed E-state index contributed by atoms with van der Waals surface area (Å²) in [6, 6.07) is 5.89. The molecule has 0 N–H and O–H groups in total. The van der Waals surface area contributed by atoms with E-state index in [0.29, 0.717) is 0 Å². The van der Waals surface area contributed by atoms with Crippen molar-refractivity contribution in [2.75, 3.05) is 21.3 Å². The van der Waals surface area contributed by atoms with Crippen LogP contribution in [0.1, 0.15) is 36.1 Å². The van der Waals surface area contributed by atoms with Crippen molar-refractivity contribution in [3.8, 4) is 11.5 Å². The number of halogens is 1. The molecule has 1 fully saturated rings. The molecule has 0 amide bonds. The molecule has 1 aromatic rings. The summed E-state index contributed by atoms with van der Waals surface area (Å²) in [5, 5.41) is 0. The molecule has 0 saturated heterocycles. The molecule has 0 bridgehead atoms. The minimum Gasteiger partial charge on any atom is -0.497 e. The molecule has 0 radical (unpaired) electrons. The zero-order valence-electron chi connectivity index (χ0n) is 11.7. The second kappa shape index (κ2) is 6.14. The summed E-state index contributed by atoms with van der Waals surface area (Å²) in [6.45, 7) is 0. The molecule has 106 valence electrons. The van der Waals surface area contributed by atoms with Crippen molar-refractivity contribution in [2.45, 2.75) is 36.1 Å². The molecule has 0 aliphatic heterocycles. The Bertz CT molecular complexity index is 424. The van der Waals surface area contributed by atoms with Crippen LogP contribution in [0.4, 0.5) is 0 Å². The number of benzene rings is 1. The van der Waals surface area contributed by atoms with Crippen LogP contribution < -0.4 is 9.47 Å². The lowest BCUT2D eigenvalue weighted by molar-refractivity contribution is -0.0773. The third-order valence-electron chi connectivity index (χ3n) is 4.02. The fourth-order valence-electron chi connectivity index (χ4n) is 2.58. The number of rotatable bonds is 6.